The topological polar surface area (TPSA) is 82.2 Å². The van der Waals surface area contributed by atoms with E-state index in [0.29, 0.717) is 32.2 Å². The average molecular weight is 366 g/mol. The van der Waals surface area contributed by atoms with Gasteiger partial charge in [-0.2, -0.15) is 0 Å². The lowest BCUT2D eigenvalue weighted by Gasteiger charge is -2.49. The Kier molecular flexibility index (Phi) is 6.13. The number of rotatable bonds is 6. The normalized spacial score (nSPS) is 25.5. The molecule has 0 spiro atoms. The second kappa shape index (κ2) is 8.35. The molecular weight excluding hydrogens is 336 g/mol. The molecule has 1 unspecified atom stereocenters. The highest BCUT2D eigenvalue weighted by molar-refractivity contribution is 5.89. The lowest BCUT2D eigenvalue weighted by Crippen LogP contribution is -2.63. The zero-order valence-corrected chi connectivity index (χ0v) is 15.8. The van der Waals surface area contributed by atoms with Crippen LogP contribution in [0, 0.1) is 5.92 Å². The number of carbonyl (C=O) groups is 3. The molecule has 3 rings (SSSR count). The minimum absolute atomic E-state index is 0.0503. The number of carbonyl (C=O) groups excluding carboxylic acids is 3. The lowest BCUT2D eigenvalue weighted by atomic mass is 9.96. The largest absolute Gasteiger partial charge is 0.383 e. The SMILES string of the molecule is COCCNC(=O)C1CC(=O)N(C2CN(C3CCN(C(C)=O)CC3)C2)C1. The Morgan fingerprint density at radius 3 is 2.46 bits per heavy atom. The third kappa shape index (κ3) is 4.17. The molecule has 0 aromatic heterocycles. The van der Waals surface area contributed by atoms with E-state index in [4.69, 9.17) is 4.74 Å². The number of nitrogens with zero attached hydrogens (tertiary/aromatic N) is 3. The molecular formula is C18H30N4O4. The summed E-state index contributed by atoms with van der Waals surface area (Å²) in [5, 5.41) is 2.83. The Bertz CT molecular complexity index is 541. The van der Waals surface area contributed by atoms with Crippen molar-refractivity contribution in [2.75, 3.05) is 53.0 Å². The van der Waals surface area contributed by atoms with Gasteiger partial charge in [-0.15, -0.1) is 0 Å². The van der Waals surface area contributed by atoms with Crippen molar-refractivity contribution in [3.8, 4) is 0 Å². The van der Waals surface area contributed by atoms with Crippen molar-refractivity contribution >= 4 is 17.7 Å². The van der Waals surface area contributed by atoms with Crippen LogP contribution in [0.1, 0.15) is 26.2 Å². The molecule has 0 aliphatic carbocycles. The zero-order chi connectivity index (χ0) is 18.7. The minimum Gasteiger partial charge on any atom is -0.383 e. The number of hydrogen-bond acceptors (Lipinski definition) is 5. The molecule has 1 atom stereocenters. The van der Waals surface area contributed by atoms with Gasteiger partial charge in [0.05, 0.1) is 18.6 Å². The minimum atomic E-state index is -0.243. The highest BCUT2D eigenvalue weighted by Gasteiger charge is 2.44. The van der Waals surface area contributed by atoms with Crippen LogP contribution in [0.25, 0.3) is 0 Å². The van der Waals surface area contributed by atoms with Gasteiger partial charge in [0.25, 0.3) is 0 Å². The second-order valence-corrected chi connectivity index (χ2v) is 7.58. The highest BCUT2D eigenvalue weighted by atomic mass is 16.5. The average Bonchev–Trinajstić information content (AvgIpc) is 2.96. The van der Waals surface area contributed by atoms with E-state index in [1.807, 2.05) is 9.80 Å². The summed E-state index contributed by atoms with van der Waals surface area (Å²) in [7, 11) is 1.60. The first kappa shape index (κ1) is 19.1. The number of amides is 3. The van der Waals surface area contributed by atoms with Crippen LogP contribution < -0.4 is 5.32 Å². The molecule has 26 heavy (non-hydrogen) atoms. The van der Waals surface area contributed by atoms with Crippen molar-refractivity contribution in [1.82, 2.24) is 20.0 Å². The predicted molar refractivity (Wildman–Crippen MR) is 95.3 cm³/mol. The first-order valence-electron chi connectivity index (χ1n) is 9.55. The molecule has 0 saturated carbocycles. The second-order valence-electron chi connectivity index (χ2n) is 7.58. The van der Waals surface area contributed by atoms with E-state index in [2.05, 4.69) is 10.2 Å². The van der Waals surface area contributed by atoms with Gasteiger partial charge in [0.1, 0.15) is 0 Å². The van der Waals surface area contributed by atoms with E-state index in [-0.39, 0.29) is 29.7 Å². The molecule has 0 bridgehead atoms. The predicted octanol–water partition coefficient (Wildman–Crippen LogP) is -0.707. The van der Waals surface area contributed by atoms with Crippen LogP contribution >= 0.6 is 0 Å². The van der Waals surface area contributed by atoms with Crippen LogP contribution in [0.15, 0.2) is 0 Å². The van der Waals surface area contributed by atoms with Crippen LogP contribution in [-0.2, 0) is 19.1 Å². The maximum Gasteiger partial charge on any atom is 0.225 e. The molecule has 8 heteroatoms. The van der Waals surface area contributed by atoms with Gasteiger partial charge in [0.15, 0.2) is 0 Å². The van der Waals surface area contributed by atoms with Gasteiger partial charge in [-0.25, -0.2) is 0 Å². The molecule has 3 aliphatic heterocycles. The van der Waals surface area contributed by atoms with Crippen molar-refractivity contribution in [1.29, 1.82) is 0 Å². The molecule has 0 radical (unpaired) electrons. The third-order valence-corrected chi connectivity index (χ3v) is 5.89. The zero-order valence-electron chi connectivity index (χ0n) is 15.8. The van der Waals surface area contributed by atoms with Crippen molar-refractivity contribution < 1.29 is 19.1 Å². The fraction of sp³-hybridized carbons (Fsp3) is 0.833. The Labute approximate surface area is 154 Å². The fourth-order valence-electron chi connectivity index (χ4n) is 4.21. The van der Waals surface area contributed by atoms with Crippen molar-refractivity contribution in [2.24, 2.45) is 5.92 Å². The van der Waals surface area contributed by atoms with Gasteiger partial charge in [-0.05, 0) is 12.8 Å². The summed E-state index contributed by atoms with van der Waals surface area (Å²) in [6.07, 6.45) is 2.32. The van der Waals surface area contributed by atoms with Gasteiger partial charge < -0.3 is 19.9 Å². The summed E-state index contributed by atoms with van der Waals surface area (Å²) in [5.41, 5.74) is 0. The van der Waals surface area contributed by atoms with Gasteiger partial charge >= 0.3 is 0 Å². The molecule has 8 nitrogen and oxygen atoms in total. The molecule has 146 valence electrons. The summed E-state index contributed by atoms with van der Waals surface area (Å²) in [4.78, 5) is 42.1. The standard InChI is InChI=1S/C18H30N4O4/c1-13(23)20-6-3-15(4-7-20)21-11-16(12-21)22-10-14(9-17(22)24)18(25)19-5-8-26-2/h14-16H,3-12H2,1-2H3,(H,19,25). The number of hydrogen-bond donors (Lipinski definition) is 1. The highest BCUT2D eigenvalue weighted by Crippen LogP contribution is 2.28. The molecule has 3 amide bonds. The monoisotopic (exact) mass is 366 g/mol. The number of methoxy groups -OCH3 is 1. The Hall–Kier alpha value is -1.67. The van der Waals surface area contributed by atoms with E-state index in [1.165, 1.54) is 0 Å². The molecule has 1 N–H and O–H groups in total. The van der Waals surface area contributed by atoms with Gasteiger partial charge in [-0.1, -0.05) is 0 Å². The van der Waals surface area contributed by atoms with Crippen LogP contribution in [0.3, 0.4) is 0 Å². The van der Waals surface area contributed by atoms with E-state index in [1.54, 1.807) is 14.0 Å². The smallest absolute Gasteiger partial charge is 0.225 e. The van der Waals surface area contributed by atoms with Gasteiger partial charge in [0, 0.05) is 65.8 Å². The summed E-state index contributed by atoms with van der Waals surface area (Å²) in [6, 6.07) is 0.734. The Balaban J connectivity index is 1.41. The summed E-state index contributed by atoms with van der Waals surface area (Å²) >= 11 is 0. The third-order valence-electron chi connectivity index (χ3n) is 5.89. The number of ether oxygens (including phenoxy) is 1. The van der Waals surface area contributed by atoms with Crippen LogP contribution in [-0.4, -0.2) is 97.5 Å². The summed E-state index contributed by atoms with van der Waals surface area (Å²) in [5.74, 6) is -0.0479. The Morgan fingerprint density at radius 2 is 1.85 bits per heavy atom. The molecule has 3 heterocycles. The number of piperidine rings is 1. The fourth-order valence-corrected chi connectivity index (χ4v) is 4.21. The van der Waals surface area contributed by atoms with Crippen LogP contribution in [0.5, 0.6) is 0 Å². The molecule has 3 fully saturated rings. The van der Waals surface area contributed by atoms with Gasteiger partial charge in [0.2, 0.25) is 17.7 Å². The summed E-state index contributed by atoms with van der Waals surface area (Å²) < 4.78 is 4.93. The Morgan fingerprint density at radius 1 is 1.15 bits per heavy atom. The number of nitrogens with one attached hydrogen (secondary N) is 1. The van der Waals surface area contributed by atoms with Gasteiger partial charge in [-0.3, -0.25) is 19.3 Å². The van der Waals surface area contributed by atoms with E-state index in [9.17, 15) is 14.4 Å². The lowest BCUT2D eigenvalue weighted by molar-refractivity contribution is -0.136. The van der Waals surface area contributed by atoms with Crippen molar-refractivity contribution in [3.63, 3.8) is 0 Å². The molecule has 0 aromatic rings. The van der Waals surface area contributed by atoms with E-state index < -0.39 is 0 Å². The summed E-state index contributed by atoms with van der Waals surface area (Å²) in [6.45, 7) is 6.54. The van der Waals surface area contributed by atoms with E-state index >= 15 is 0 Å². The number of likely N-dealkylation sites (tertiary alicyclic amines) is 3. The maximum atomic E-state index is 12.3. The van der Waals surface area contributed by atoms with Crippen LogP contribution in [0.4, 0.5) is 0 Å². The molecule has 3 saturated heterocycles. The molecule has 3 aliphatic rings. The van der Waals surface area contributed by atoms with Crippen LogP contribution in [0.2, 0.25) is 0 Å². The first-order valence-corrected chi connectivity index (χ1v) is 9.55. The van der Waals surface area contributed by atoms with Crippen molar-refractivity contribution in [2.45, 2.75) is 38.3 Å². The maximum absolute atomic E-state index is 12.3. The first-order chi connectivity index (χ1) is 12.5. The van der Waals surface area contributed by atoms with E-state index in [0.717, 1.165) is 39.0 Å². The quantitative estimate of drug-likeness (QED) is 0.628. The van der Waals surface area contributed by atoms with Crippen molar-refractivity contribution in [3.05, 3.63) is 0 Å². The molecule has 0 aromatic carbocycles.